The molecule has 1 amide bonds. The normalized spacial score (nSPS) is 20.2. The summed E-state index contributed by atoms with van der Waals surface area (Å²) in [5.41, 5.74) is 2.13. The van der Waals surface area contributed by atoms with E-state index in [9.17, 15) is 4.79 Å². The van der Waals surface area contributed by atoms with E-state index in [0.717, 1.165) is 25.3 Å². The fourth-order valence-electron chi connectivity index (χ4n) is 2.64. The summed E-state index contributed by atoms with van der Waals surface area (Å²) in [6.07, 6.45) is 2.51. The second-order valence-corrected chi connectivity index (χ2v) is 5.24. The van der Waals surface area contributed by atoms with Crippen molar-refractivity contribution in [2.45, 2.75) is 32.4 Å². The second kappa shape index (κ2) is 6.68. The van der Waals surface area contributed by atoms with Crippen LogP contribution in [0.5, 0.6) is 0 Å². The minimum absolute atomic E-state index is 0.0228. The molecule has 2 rings (SSSR count). The number of nitrogens with zero attached hydrogens (tertiary/aromatic N) is 1. The average molecular weight is 261 g/mol. The summed E-state index contributed by atoms with van der Waals surface area (Å²) in [6.45, 7) is 4.74. The van der Waals surface area contributed by atoms with Crippen molar-refractivity contribution >= 4 is 11.6 Å². The van der Waals surface area contributed by atoms with Gasteiger partial charge in [0.25, 0.3) is 0 Å². The second-order valence-electron chi connectivity index (χ2n) is 5.24. The number of amides is 1. The Hall–Kier alpha value is -1.39. The van der Waals surface area contributed by atoms with Crippen molar-refractivity contribution in [3.05, 3.63) is 29.8 Å². The van der Waals surface area contributed by atoms with Gasteiger partial charge in [0.05, 0.1) is 0 Å². The summed E-state index contributed by atoms with van der Waals surface area (Å²) in [5, 5.41) is 6.19. The fraction of sp³-hybridized carbons (Fsp3) is 0.533. The van der Waals surface area contributed by atoms with Gasteiger partial charge < -0.3 is 10.6 Å². The molecule has 0 spiro atoms. The summed E-state index contributed by atoms with van der Waals surface area (Å²) < 4.78 is 0. The molecule has 4 heteroatoms. The van der Waals surface area contributed by atoms with Gasteiger partial charge >= 0.3 is 0 Å². The lowest BCUT2D eigenvalue weighted by molar-refractivity contribution is -0.114. The predicted octanol–water partition coefficient (Wildman–Crippen LogP) is 1.83. The van der Waals surface area contributed by atoms with Crippen molar-refractivity contribution in [2.75, 3.05) is 25.5 Å². The Morgan fingerprint density at radius 2 is 2.32 bits per heavy atom. The van der Waals surface area contributed by atoms with Crippen LogP contribution in [0.15, 0.2) is 24.3 Å². The number of carbonyl (C=O) groups is 1. The van der Waals surface area contributed by atoms with Gasteiger partial charge in [0.1, 0.15) is 0 Å². The van der Waals surface area contributed by atoms with E-state index in [2.05, 4.69) is 27.7 Å². The van der Waals surface area contributed by atoms with E-state index in [1.165, 1.54) is 25.3 Å². The third-order valence-electron chi connectivity index (χ3n) is 3.57. The lowest BCUT2D eigenvalue weighted by Gasteiger charge is -2.32. The third-order valence-corrected chi connectivity index (χ3v) is 3.57. The van der Waals surface area contributed by atoms with Crippen LogP contribution in [0, 0.1) is 0 Å². The molecule has 1 aromatic carbocycles. The van der Waals surface area contributed by atoms with Crippen LogP contribution in [0.3, 0.4) is 0 Å². The smallest absolute Gasteiger partial charge is 0.221 e. The molecule has 1 aliphatic heterocycles. The van der Waals surface area contributed by atoms with Gasteiger partial charge in [0.2, 0.25) is 5.91 Å². The lowest BCUT2D eigenvalue weighted by atomic mass is 10.0. The Morgan fingerprint density at radius 1 is 1.47 bits per heavy atom. The molecule has 1 fully saturated rings. The maximum absolute atomic E-state index is 11.1. The summed E-state index contributed by atoms with van der Waals surface area (Å²) >= 11 is 0. The van der Waals surface area contributed by atoms with E-state index in [4.69, 9.17) is 0 Å². The topological polar surface area (TPSA) is 44.4 Å². The Bertz CT molecular complexity index is 433. The number of likely N-dealkylation sites (N-methyl/N-ethyl adjacent to an activating group) is 1. The van der Waals surface area contributed by atoms with Crippen LogP contribution >= 0.6 is 0 Å². The zero-order chi connectivity index (χ0) is 13.7. The predicted molar refractivity (Wildman–Crippen MR) is 78.1 cm³/mol. The molecule has 2 N–H and O–H groups in total. The molecule has 0 aromatic heterocycles. The number of nitrogens with one attached hydrogen (secondary N) is 2. The maximum atomic E-state index is 11.1. The van der Waals surface area contributed by atoms with Gasteiger partial charge in [-0.2, -0.15) is 0 Å². The number of benzene rings is 1. The summed E-state index contributed by atoms with van der Waals surface area (Å²) in [6, 6.07) is 8.71. The van der Waals surface area contributed by atoms with E-state index in [0.29, 0.717) is 6.04 Å². The van der Waals surface area contributed by atoms with Crippen LogP contribution < -0.4 is 10.6 Å². The molecule has 1 heterocycles. The van der Waals surface area contributed by atoms with Crippen LogP contribution in [0.25, 0.3) is 0 Å². The highest BCUT2D eigenvalue weighted by Crippen LogP contribution is 2.16. The molecule has 1 aromatic rings. The maximum Gasteiger partial charge on any atom is 0.221 e. The summed E-state index contributed by atoms with van der Waals surface area (Å²) in [4.78, 5) is 13.5. The minimum atomic E-state index is -0.0228. The monoisotopic (exact) mass is 261 g/mol. The van der Waals surface area contributed by atoms with Crippen molar-refractivity contribution in [3.63, 3.8) is 0 Å². The van der Waals surface area contributed by atoms with Crippen LogP contribution in [-0.4, -0.2) is 37.0 Å². The van der Waals surface area contributed by atoms with Crippen LogP contribution in [0.4, 0.5) is 5.69 Å². The first kappa shape index (κ1) is 14.0. The number of piperidine rings is 1. The molecule has 104 valence electrons. The Labute approximate surface area is 115 Å². The molecule has 1 aliphatic rings. The van der Waals surface area contributed by atoms with Crippen molar-refractivity contribution in [3.8, 4) is 0 Å². The Kier molecular flexibility index (Phi) is 4.93. The van der Waals surface area contributed by atoms with E-state index in [-0.39, 0.29) is 5.91 Å². The van der Waals surface area contributed by atoms with Crippen molar-refractivity contribution in [2.24, 2.45) is 0 Å². The SMILES string of the molecule is CNC1CCCN(Cc2cccc(NC(C)=O)c2)C1. The minimum Gasteiger partial charge on any atom is -0.326 e. The van der Waals surface area contributed by atoms with E-state index in [1.54, 1.807) is 0 Å². The zero-order valence-corrected chi connectivity index (χ0v) is 11.8. The van der Waals surface area contributed by atoms with Gasteiger partial charge in [-0.15, -0.1) is 0 Å². The molecule has 0 saturated carbocycles. The van der Waals surface area contributed by atoms with Gasteiger partial charge in [-0.25, -0.2) is 0 Å². The molecule has 0 radical (unpaired) electrons. The molecule has 0 bridgehead atoms. The number of anilines is 1. The Morgan fingerprint density at radius 3 is 3.05 bits per heavy atom. The van der Waals surface area contributed by atoms with Gasteiger partial charge in [-0.3, -0.25) is 9.69 Å². The highest BCUT2D eigenvalue weighted by atomic mass is 16.1. The van der Waals surface area contributed by atoms with E-state index in [1.807, 2.05) is 19.2 Å². The van der Waals surface area contributed by atoms with E-state index >= 15 is 0 Å². The standard InChI is InChI=1S/C15H23N3O/c1-12(19)17-14-6-3-5-13(9-14)10-18-8-4-7-15(11-18)16-2/h3,5-6,9,15-16H,4,7-8,10-11H2,1-2H3,(H,17,19). The Balaban J connectivity index is 1.96. The first-order valence-corrected chi connectivity index (χ1v) is 6.93. The quantitative estimate of drug-likeness (QED) is 0.869. The van der Waals surface area contributed by atoms with E-state index < -0.39 is 0 Å². The van der Waals surface area contributed by atoms with Crippen molar-refractivity contribution in [1.29, 1.82) is 0 Å². The third kappa shape index (κ3) is 4.33. The molecular weight excluding hydrogens is 238 g/mol. The van der Waals surface area contributed by atoms with Crippen LogP contribution in [-0.2, 0) is 11.3 Å². The number of hydrogen-bond donors (Lipinski definition) is 2. The largest absolute Gasteiger partial charge is 0.326 e. The molecule has 1 saturated heterocycles. The molecule has 1 unspecified atom stereocenters. The number of likely N-dealkylation sites (tertiary alicyclic amines) is 1. The molecular formula is C15H23N3O. The lowest BCUT2D eigenvalue weighted by Crippen LogP contribution is -2.43. The van der Waals surface area contributed by atoms with Gasteiger partial charge in [-0.05, 0) is 44.1 Å². The number of carbonyl (C=O) groups excluding carboxylic acids is 1. The molecule has 19 heavy (non-hydrogen) atoms. The fourth-order valence-corrected chi connectivity index (χ4v) is 2.64. The molecule has 4 nitrogen and oxygen atoms in total. The van der Waals surface area contributed by atoms with Gasteiger partial charge in [0, 0.05) is 31.7 Å². The zero-order valence-electron chi connectivity index (χ0n) is 11.8. The summed E-state index contributed by atoms with van der Waals surface area (Å²) in [5.74, 6) is -0.0228. The van der Waals surface area contributed by atoms with Crippen molar-refractivity contribution in [1.82, 2.24) is 10.2 Å². The van der Waals surface area contributed by atoms with Gasteiger partial charge in [0.15, 0.2) is 0 Å². The number of hydrogen-bond acceptors (Lipinski definition) is 3. The molecule has 0 aliphatic carbocycles. The summed E-state index contributed by atoms with van der Waals surface area (Å²) in [7, 11) is 2.03. The molecule has 1 atom stereocenters. The average Bonchev–Trinajstić information content (AvgIpc) is 2.38. The highest BCUT2D eigenvalue weighted by Gasteiger charge is 2.18. The van der Waals surface area contributed by atoms with Gasteiger partial charge in [-0.1, -0.05) is 12.1 Å². The first-order chi connectivity index (χ1) is 9.17. The highest BCUT2D eigenvalue weighted by molar-refractivity contribution is 5.88. The van der Waals surface area contributed by atoms with Crippen molar-refractivity contribution < 1.29 is 4.79 Å². The first-order valence-electron chi connectivity index (χ1n) is 6.93. The van der Waals surface area contributed by atoms with Crippen LogP contribution in [0.1, 0.15) is 25.3 Å². The number of rotatable bonds is 4. The van der Waals surface area contributed by atoms with Crippen LogP contribution in [0.2, 0.25) is 0 Å².